The summed E-state index contributed by atoms with van der Waals surface area (Å²) in [5.74, 6) is 0.0225. The SMILES string of the molecule is CC(c1cccnc1)N1CCN(C(=O)NCCC(=O)N(C)Cc2ccccc2)CC1. The largest absolute Gasteiger partial charge is 0.341 e. The van der Waals surface area contributed by atoms with E-state index < -0.39 is 0 Å². The Kier molecular flexibility index (Phi) is 7.79. The number of aromatic nitrogens is 1. The number of carbonyl (C=O) groups is 2. The number of amides is 3. The summed E-state index contributed by atoms with van der Waals surface area (Å²) >= 11 is 0. The Balaban J connectivity index is 1.36. The fraction of sp³-hybridized carbons (Fsp3) is 0.435. The van der Waals surface area contributed by atoms with Gasteiger partial charge in [-0.3, -0.25) is 14.7 Å². The molecule has 7 nitrogen and oxygen atoms in total. The monoisotopic (exact) mass is 409 g/mol. The van der Waals surface area contributed by atoms with Crippen molar-refractivity contribution in [1.29, 1.82) is 0 Å². The minimum Gasteiger partial charge on any atom is -0.341 e. The molecular formula is C23H31N5O2. The number of hydrogen-bond donors (Lipinski definition) is 1. The molecule has 1 N–H and O–H groups in total. The first kappa shape index (κ1) is 21.8. The van der Waals surface area contributed by atoms with Gasteiger partial charge in [-0.1, -0.05) is 36.4 Å². The van der Waals surface area contributed by atoms with E-state index in [1.807, 2.05) is 47.5 Å². The first-order valence-electron chi connectivity index (χ1n) is 10.5. The van der Waals surface area contributed by atoms with Gasteiger partial charge in [0.1, 0.15) is 0 Å². The second kappa shape index (κ2) is 10.7. The second-order valence-corrected chi connectivity index (χ2v) is 7.70. The highest BCUT2D eigenvalue weighted by Crippen LogP contribution is 2.20. The lowest BCUT2D eigenvalue weighted by Crippen LogP contribution is -2.52. The molecule has 160 valence electrons. The highest BCUT2D eigenvalue weighted by atomic mass is 16.2. The zero-order valence-corrected chi connectivity index (χ0v) is 17.8. The van der Waals surface area contributed by atoms with E-state index in [-0.39, 0.29) is 18.0 Å². The number of piperazine rings is 1. The number of nitrogens with one attached hydrogen (secondary N) is 1. The summed E-state index contributed by atoms with van der Waals surface area (Å²) < 4.78 is 0. The van der Waals surface area contributed by atoms with Crippen molar-refractivity contribution in [3.8, 4) is 0 Å². The maximum absolute atomic E-state index is 12.4. The topological polar surface area (TPSA) is 68.8 Å². The highest BCUT2D eigenvalue weighted by Gasteiger charge is 2.24. The minimum atomic E-state index is -0.0952. The Morgan fingerprint density at radius 1 is 1.10 bits per heavy atom. The van der Waals surface area contributed by atoms with Crippen molar-refractivity contribution in [1.82, 2.24) is 25.0 Å². The summed E-state index contributed by atoms with van der Waals surface area (Å²) in [7, 11) is 1.79. The van der Waals surface area contributed by atoms with E-state index in [0.717, 1.165) is 18.7 Å². The van der Waals surface area contributed by atoms with Crippen LogP contribution in [0, 0.1) is 0 Å². The number of benzene rings is 1. The van der Waals surface area contributed by atoms with Gasteiger partial charge in [0.2, 0.25) is 5.91 Å². The number of urea groups is 1. The van der Waals surface area contributed by atoms with Crippen LogP contribution in [0.5, 0.6) is 0 Å². The summed E-state index contributed by atoms with van der Waals surface area (Å²) in [6.07, 6.45) is 3.98. The van der Waals surface area contributed by atoms with Crippen LogP contribution in [-0.4, -0.2) is 71.4 Å². The molecule has 1 saturated heterocycles. The Bertz CT molecular complexity index is 807. The summed E-state index contributed by atoms with van der Waals surface area (Å²) in [5.41, 5.74) is 2.28. The fourth-order valence-corrected chi connectivity index (χ4v) is 3.67. The van der Waals surface area contributed by atoms with Crippen LogP contribution in [0.1, 0.15) is 30.5 Å². The molecule has 0 saturated carbocycles. The van der Waals surface area contributed by atoms with E-state index in [1.54, 1.807) is 18.1 Å². The molecule has 1 aliphatic rings. The molecule has 1 atom stereocenters. The highest BCUT2D eigenvalue weighted by molar-refractivity contribution is 5.78. The number of nitrogens with zero attached hydrogens (tertiary/aromatic N) is 4. The summed E-state index contributed by atoms with van der Waals surface area (Å²) in [5, 5.41) is 2.89. The smallest absolute Gasteiger partial charge is 0.317 e. The van der Waals surface area contributed by atoms with Crippen LogP contribution in [0.4, 0.5) is 4.79 Å². The van der Waals surface area contributed by atoms with Gasteiger partial charge in [0, 0.05) is 71.2 Å². The van der Waals surface area contributed by atoms with Crippen LogP contribution in [0.15, 0.2) is 54.9 Å². The number of rotatable bonds is 7. The minimum absolute atomic E-state index is 0.0225. The van der Waals surface area contributed by atoms with Gasteiger partial charge >= 0.3 is 6.03 Å². The maximum Gasteiger partial charge on any atom is 0.317 e. The molecule has 0 spiro atoms. The predicted molar refractivity (Wildman–Crippen MR) is 117 cm³/mol. The molecule has 1 unspecified atom stereocenters. The lowest BCUT2D eigenvalue weighted by molar-refractivity contribution is -0.130. The first-order chi connectivity index (χ1) is 14.5. The second-order valence-electron chi connectivity index (χ2n) is 7.70. The zero-order valence-electron chi connectivity index (χ0n) is 17.8. The molecule has 3 rings (SSSR count). The van der Waals surface area contributed by atoms with Gasteiger partial charge in [-0.05, 0) is 24.1 Å². The van der Waals surface area contributed by atoms with E-state index in [2.05, 4.69) is 28.2 Å². The lowest BCUT2D eigenvalue weighted by atomic mass is 10.1. The van der Waals surface area contributed by atoms with E-state index in [0.29, 0.717) is 32.6 Å². The molecule has 1 aliphatic heterocycles. The standard InChI is InChI=1S/C23H31N5O2/c1-19(21-9-6-11-24-17-21)27-13-15-28(16-14-27)23(30)25-12-10-22(29)26(2)18-20-7-4-3-5-8-20/h3-9,11,17,19H,10,12-16,18H2,1-2H3,(H,25,30). The van der Waals surface area contributed by atoms with Crippen molar-refractivity contribution in [3.05, 3.63) is 66.0 Å². The fourth-order valence-electron chi connectivity index (χ4n) is 3.67. The summed E-state index contributed by atoms with van der Waals surface area (Å²) in [6.45, 7) is 6.10. The van der Waals surface area contributed by atoms with Gasteiger partial charge in [0.15, 0.2) is 0 Å². The average Bonchev–Trinajstić information content (AvgIpc) is 2.79. The van der Waals surface area contributed by atoms with Gasteiger partial charge in [-0.15, -0.1) is 0 Å². The van der Waals surface area contributed by atoms with E-state index in [9.17, 15) is 9.59 Å². The zero-order chi connectivity index (χ0) is 21.3. The van der Waals surface area contributed by atoms with Gasteiger partial charge in [-0.2, -0.15) is 0 Å². The third-order valence-electron chi connectivity index (χ3n) is 5.62. The molecule has 7 heteroatoms. The quantitative estimate of drug-likeness (QED) is 0.763. The Morgan fingerprint density at radius 3 is 2.50 bits per heavy atom. The predicted octanol–water partition coefficient (Wildman–Crippen LogP) is 2.52. The van der Waals surface area contributed by atoms with Crippen LogP contribution >= 0.6 is 0 Å². The number of hydrogen-bond acceptors (Lipinski definition) is 4. The van der Waals surface area contributed by atoms with Gasteiger partial charge in [0.25, 0.3) is 0 Å². The van der Waals surface area contributed by atoms with Crippen LogP contribution in [0.3, 0.4) is 0 Å². The number of carbonyl (C=O) groups excluding carboxylic acids is 2. The van der Waals surface area contributed by atoms with Gasteiger partial charge < -0.3 is 15.1 Å². The molecule has 30 heavy (non-hydrogen) atoms. The van der Waals surface area contributed by atoms with Crippen molar-refractivity contribution < 1.29 is 9.59 Å². The molecule has 0 aliphatic carbocycles. The molecule has 0 bridgehead atoms. The molecule has 1 fully saturated rings. The van der Waals surface area contributed by atoms with Crippen LogP contribution < -0.4 is 5.32 Å². The first-order valence-corrected chi connectivity index (χ1v) is 10.5. The third-order valence-corrected chi connectivity index (χ3v) is 5.62. The third kappa shape index (κ3) is 6.03. The van der Waals surface area contributed by atoms with Crippen molar-refractivity contribution in [2.75, 3.05) is 39.8 Å². The van der Waals surface area contributed by atoms with E-state index in [4.69, 9.17) is 0 Å². The van der Waals surface area contributed by atoms with Gasteiger partial charge in [-0.25, -0.2) is 4.79 Å². The Hall–Kier alpha value is -2.93. The number of pyridine rings is 1. The van der Waals surface area contributed by atoms with E-state index >= 15 is 0 Å². The molecule has 1 aromatic carbocycles. The Labute approximate surface area is 178 Å². The van der Waals surface area contributed by atoms with Crippen molar-refractivity contribution in [2.24, 2.45) is 0 Å². The van der Waals surface area contributed by atoms with Crippen molar-refractivity contribution in [3.63, 3.8) is 0 Å². The average molecular weight is 410 g/mol. The van der Waals surface area contributed by atoms with E-state index in [1.165, 1.54) is 5.56 Å². The lowest BCUT2D eigenvalue weighted by Gasteiger charge is -2.38. The molecule has 2 heterocycles. The summed E-state index contributed by atoms with van der Waals surface area (Å²) in [4.78, 5) is 34.8. The van der Waals surface area contributed by atoms with Crippen LogP contribution in [-0.2, 0) is 11.3 Å². The van der Waals surface area contributed by atoms with Crippen molar-refractivity contribution >= 4 is 11.9 Å². The molecule has 0 radical (unpaired) electrons. The Morgan fingerprint density at radius 2 is 1.83 bits per heavy atom. The normalized spacial score (nSPS) is 15.5. The molecule has 1 aromatic heterocycles. The molecule has 3 amide bonds. The van der Waals surface area contributed by atoms with Crippen LogP contribution in [0.25, 0.3) is 0 Å². The summed E-state index contributed by atoms with van der Waals surface area (Å²) in [6, 6.07) is 14.1. The van der Waals surface area contributed by atoms with Gasteiger partial charge in [0.05, 0.1) is 0 Å². The molecule has 2 aromatic rings. The van der Waals surface area contributed by atoms with Crippen LogP contribution in [0.2, 0.25) is 0 Å². The van der Waals surface area contributed by atoms with Crippen molar-refractivity contribution in [2.45, 2.75) is 25.9 Å². The maximum atomic E-state index is 12.4. The molecular weight excluding hydrogens is 378 g/mol.